The molecular formula is C30H41BrN4O. The normalized spacial score (nSPS) is 11.2. The van der Waals surface area contributed by atoms with Gasteiger partial charge >= 0.3 is 0 Å². The molecule has 0 bridgehead atoms. The zero-order valence-electron chi connectivity index (χ0n) is 22.5. The van der Waals surface area contributed by atoms with Crippen LogP contribution in [0.25, 0.3) is 16.7 Å². The minimum atomic E-state index is -0.00875. The van der Waals surface area contributed by atoms with Crippen LogP contribution in [0.15, 0.2) is 63.9 Å². The van der Waals surface area contributed by atoms with E-state index in [1.807, 2.05) is 49.0 Å². The van der Waals surface area contributed by atoms with E-state index in [2.05, 4.69) is 65.7 Å². The molecule has 36 heavy (non-hydrogen) atoms. The highest BCUT2D eigenvalue weighted by atomic mass is 79.9. The molecule has 0 aliphatic carbocycles. The molecule has 6 heteroatoms. The molecule has 5 nitrogen and oxygen atoms in total. The summed E-state index contributed by atoms with van der Waals surface area (Å²) < 4.78 is 6.47. The number of aryl methyl sites for hydroxylation is 2. The predicted molar refractivity (Wildman–Crippen MR) is 155 cm³/mol. The second-order valence-electron chi connectivity index (χ2n) is 9.50. The summed E-state index contributed by atoms with van der Waals surface area (Å²) in [5.74, 6) is 2.15. The van der Waals surface area contributed by atoms with Crippen LogP contribution in [0.1, 0.15) is 70.8 Å². The number of para-hydroxylation sites is 3. The molecule has 4 aromatic rings. The number of aromatic nitrogens is 4. The molecule has 0 fully saturated rings. The SMILES string of the molecule is CCCC(CCC)CCCc1nc2ccccc2n1C.CCc1c(Br)c(=O)n(-c2ccccc2)n1C. The van der Waals surface area contributed by atoms with E-state index in [4.69, 9.17) is 4.98 Å². The molecule has 0 atom stereocenters. The lowest BCUT2D eigenvalue weighted by molar-refractivity contribution is 0.398. The van der Waals surface area contributed by atoms with E-state index < -0.39 is 0 Å². The van der Waals surface area contributed by atoms with E-state index in [-0.39, 0.29) is 5.56 Å². The van der Waals surface area contributed by atoms with Crippen LogP contribution >= 0.6 is 15.9 Å². The van der Waals surface area contributed by atoms with Gasteiger partial charge < -0.3 is 4.57 Å². The van der Waals surface area contributed by atoms with E-state index in [9.17, 15) is 4.79 Å². The van der Waals surface area contributed by atoms with Crippen LogP contribution in [0.4, 0.5) is 0 Å². The van der Waals surface area contributed by atoms with Crippen LogP contribution in [0.3, 0.4) is 0 Å². The summed E-state index contributed by atoms with van der Waals surface area (Å²) in [5.41, 5.74) is 4.26. The van der Waals surface area contributed by atoms with E-state index in [0.717, 1.165) is 35.7 Å². The Kier molecular flexibility index (Phi) is 10.6. The predicted octanol–water partition coefficient (Wildman–Crippen LogP) is 7.61. The first-order valence-corrected chi connectivity index (χ1v) is 14.1. The van der Waals surface area contributed by atoms with Gasteiger partial charge in [-0.3, -0.25) is 9.48 Å². The summed E-state index contributed by atoms with van der Waals surface area (Å²) in [6.07, 6.45) is 9.95. The van der Waals surface area contributed by atoms with Gasteiger partial charge in [0.2, 0.25) is 0 Å². The average molecular weight is 554 g/mol. The second-order valence-corrected chi connectivity index (χ2v) is 10.3. The topological polar surface area (TPSA) is 44.8 Å². The standard InChI is InChI=1S/C18H28N2.C12H13BrN2O/c1-4-9-15(10-5-2)11-8-14-18-19-16-12-6-7-13-17(16)20(18)3;1-3-10-11(13)12(16)15(14(10)2)9-7-5-4-6-8-9/h6-7,12-13,15H,4-5,8-11,14H2,1-3H3;4-8H,3H2,1-2H3. The first-order chi connectivity index (χ1) is 17.4. The van der Waals surface area contributed by atoms with Crippen molar-refractivity contribution >= 4 is 27.0 Å². The van der Waals surface area contributed by atoms with Gasteiger partial charge in [0.05, 0.1) is 22.4 Å². The van der Waals surface area contributed by atoms with Crippen molar-refractivity contribution in [3.8, 4) is 5.69 Å². The van der Waals surface area contributed by atoms with Crippen molar-refractivity contribution in [1.29, 1.82) is 0 Å². The highest BCUT2D eigenvalue weighted by Crippen LogP contribution is 2.22. The Morgan fingerprint density at radius 3 is 2.11 bits per heavy atom. The minimum absolute atomic E-state index is 0.00875. The fourth-order valence-corrected chi connectivity index (χ4v) is 5.78. The van der Waals surface area contributed by atoms with E-state index in [0.29, 0.717) is 4.47 Å². The number of rotatable bonds is 10. The lowest BCUT2D eigenvalue weighted by Gasteiger charge is -2.14. The van der Waals surface area contributed by atoms with Gasteiger partial charge in [0.1, 0.15) is 10.3 Å². The van der Waals surface area contributed by atoms with Crippen LogP contribution in [0, 0.1) is 5.92 Å². The van der Waals surface area contributed by atoms with Crippen LogP contribution in [0.5, 0.6) is 0 Å². The molecule has 0 saturated carbocycles. The lowest BCUT2D eigenvalue weighted by atomic mass is 9.92. The number of hydrogen-bond acceptors (Lipinski definition) is 2. The van der Waals surface area contributed by atoms with Crippen molar-refractivity contribution < 1.29 is 0 Å². The maximum atomic E-state index is 12.1. The van der Waals surface area contributed by atoms with Crippen molar-refractivity contribution in [2.75, 3.05) is 0 Å². The van der Waals surface area contributed by atoms with Gasteiger partial charge in [0.15, 0.2) is 0 Å². The van der Waals surface area contributed by atoms with Gasteiger partial charge in [-0.05, 0) is 59.0 Å². The number of benzene rings is 2. The third kappa shape index (κ3) is 6.58. The molecule has 4 rings (SSSR count). The van der Waals surface area contributed by atoms with Gasteiger partial charge in [0, 0.05) is 20.5 Å². The van der Waals surface area contributed by atoms with Crippen LogP contribution in [-0.2, 0) is 26.9 Å². The summed E-state index contributed by atoms with van der Waals surface area (Å²) in [6.45, 7) is 6.64. The smallest absolute Gasteiger partial charge is 0.285 e. The molecule has 0 aliphatic heterocycles. The maximum absolute atomic E-state index is 12.1. The van der Waals surface area contributed by atoms with Crippen molar-refractivity contribution in [2.24, 2.45) is 20.0 Å². The fourth-order valence-electron chi connectivity index (χ4n) is 5.08. The van der Waals surface area contributed by atoms with Crippen molar-refractivity contribution in [2.45, 2.75) is 72.1 Å². The van der Waals surface area contributed by atoms with E-state index in [1.165, 1.54) is 49.9 Å². The van der Waals surface area contributed by atoms with Crippen molar-refractivity contribution in [3.05, 3.63) is 80.9 Å². The van der Waals surface area contributed by atoms with Gasteiger partial charge in [-0.15, -0.1) is 0 Å². The van der Waals surface area contributed by atoms with Crippen molar-refractivity contribution in [3.63, 3.8) is 0 Å². The largest absolute Gasteiger partial charge is 0.331 e. The quantitative estimate of drug-likeness (QED) is 0.203. The number of imidazole rings is 1. The summed E-state index contributed by atoms with van der Waals surface area (Å²) in [4.78, 5) is 16.8. The molecule has 0 amide bonds. The summed E-state index contributed by atoms with van der Waals surface area (Å²) in [5, 5.41) is 0. The average Bonchev–Trinajstić information content (AvgIpc) is 3.32. The molecule has 2 aromatic carbocycles. The van der Waals surface area contributed by atoms with Crippen molar-refractivity contribution in [1.82, 2.24) is 18.9 Å². The Balaban J connectivity index is 0.000000205. The first kappa shape index (κ1) is 28.0. The molecule has 0 N–H and O–H groups in total. The highest BCUT2D eigenvalue weighted by Gasteiger charge is 2.15. The molecule has 0 saturated heterocycles. The number of fused-ring (bicyclic) bond motifs is 1. The maximum Gasteiger partial charge on any atom is 0.285 e. The summed E-state index contributed by atoms with van der Waals surface area (Å²) >= 11 is 3.36. The van der Waals surface area contributed by atoms with Crippen LogP contribution < -0.4 is 5.56 Å². The molecule has 194 valence electrons. The Hall–Kier alpha value is -2.60. The third-order valence-corrected chi connectivity index (χ3v) is 7.74. The lowest BCUT2D eigenvalue weighted by Crippen LogP contribution is -2.19. The van der Waals surface area contributed by atoms with Gasteiger partial charge in [-0.25, -0.2) is 9.67 Å². The molecule has 0 spiro atoms. The Labute approximate surface area is 224 Å². The Morgan fingerprint density at radius 1 is 0.889 bits per heavy atom. The number of hydrogen-bond donors (Lipinski definition) is 0. The zero-order chi connectivity index (χ0) is 26.1. The summed E-state index contributed by atoms with van der Waals surface area (Å²) in [6, 6.07) is 18.1. The molecule has 2 heterocycles. The molecule has 0 unspecified atom stereocenters. The minimum Gasteiger partial charge on any atom is -0.331 e. The van der Waals surface area contributed by atoms with Gasteiger partial charge in [0.25, 0.3) is 5.56 Å². The number of nitrogens with zero attached hydrogens (tertiary/aromatic N) is 4. The number of halogens is 1. The van der Waals surface area contributed by atoms with Gasteiger partial charge in [-0.2, -0.15) is 0 Å². The van der Waals surface area contributed by atoms with E-state index >= 15 is 0 Å². The highest BCUT2D eigenvalue weighted by molar-refractivity contribution is 9.10. The van der Waals surface area contributed by atoms with Crippen LogP contribution in [0.2, 0.25) is 0 Å². The fraction of sp³-hybridized carbons (Fsp3) is 0.467. The second kappa shape index (κ2) is 13.6. The zero-order valence-corrected chi connectivity index (χ0v) is 24.1. The third-order valence-electron chi connectivity index (χ3n) is 6.95. The monoisotopic (exact) mass is 552 g/mol. The molecule has 2 aromatic heterocycles. The molecular weight excluding hydrogens is 512 g/mol. The first-order valence-electron chi connectivity index (χ1n) is 13.3. The molecule has 0 aliphatic rings. The Morgan fingerprint density at radius 2 is 1.53 bits per heavy atom. The summed E-state index contributed by atoms with van der Waals surface area (Å²) in [7, 11) is 4.04. The van der Waals surface area contributed by atoms with Crippen LogP contribution in [-0.4, -0.2) is 18.9 Å². The van der Waals surface area contributed by atoms with Gasteiger partial charge in [-0.1, -0.05) is 83.2 Å². The Bertz CT molecular complexity index is 1280. The van der Waals surface area contributed by atoms with E-state index in [1.54, 1.807) is 4.68 Å². The molecule has 0 radical (unpaired) electrons.